The number of nitrogens with zero attached hydrogens (tertiary/aromatic N) is 2. The van der Waals surface area contributed by atoms with Crippen molar-refractivity contribution < 1.29 is 23.1 Å². The fourth-order valence-corrected chi connectivity index (χ4v) is 5.32. The third-order valence-corrected chi connectivity index (χ3v) is 7.36. The van der Waals surface area contributed by atoms with E-state index in [0.717, 1.165) is 17.7 Å². The van der Waals surface area contributed by atoms with Crippen molar-refractivity contribution in [2.24, 2.45) is 0 Å². The van der Waals surface area contributed by atoms with E-state index in [1.54, 1.807) is 9.47 Å². The van der Waals surface area contributed by atoms with Gasteiger partial charge in [-0.2, -0.15) is 0 Å². The van der Waals surface area contributed by atoms with Crippen LogP contribution < -0.4 is 15.5 Å². The molecule has 0 saturated heterocycles. The van der Waals surface area contributed by atoms with Gasteiger partial charge in [0.05, 0.1) is 11.6 Å². The standard InChI is InChI=1S/C28H23F2N3O4/c29-19-9-8-18(21(30)12-19)14-31-26(35)20-15-33-23(25(24(20)34)37-16-17-6-2-1-3-7-17)27(36)32-11-5-4-10-28(33)13-22(28)32/h1-9,12,15,22H,10-11,13-14,16H2,(H,31,35)/t22?,28-/m1/s1. The number of nitrogens with one attached hydrogen (secondary N) is 1. The van der Waals surface area contributed by atoms with Crippen LogP contribution in [0.25, 0.3) is 0 Å². The lowest BCUT2D eigenvalue weighted by Crippen LogP contribution is -2.47. The minimum Gasteiger partial charge on any atom is -0.483 e. The predicted octanol–water partition coefficient (Wildman–Crippen LogP) is 3.52. The number of carbonyl (C=O) groups excluding carboxylic acids is 2. The van der Waals surface area contributed by atoms with Gasteiger partial charge < -0.3 is 19.5 Å². The Morgan fingerprint density at radius 2 is 1.92 bits per heavy atom. The second-order valence-corrected chi connectivity index (χ2v) is 9.57. The van der Waals surface area contributed by atoms with Crippen LogP contribution in [-0.4, -0.2) is 33.9 Å². The van der Waals surface area contributed by atoms with E-state index in [1.807, 2.05) is 42.5 Å². The molecule has 1 aliphatic carbocycles. The minimum absolute atomic E-state index is 0.0313. The minimum atomic E-state index is -0.801. The highest BCUT2D eigenvalue weighted by atomic mass is 19.1. The summed E-state index contributed by atoms with van der Waals surface area (Å²) in [7, 11) is 0. The average Bonchev–Trinajstić information content (AvgIpc) is 3.63. The van der Waals surface area contributed by atoms with Gasteiger partial charge in [-0.25, -0.2) is 8.78 Å². The summed E-state index contributed by atoms with van der Waals surface area (Å²) in [6.07, 6.45) is 6.74. The molecule has 7 nitrogen and oxygen atoms in total. The van der Waals surface area contributed by atoms with E-state index in [9.17, 15) is 23.2 Å². The van der Waals surface area contributed by atoms with Gasteiger partial charge in [0.25, 0.3) is 11.8 Å². The van der Waals surface area contributed by atoms with Crippen molar-refractivity contribution in [3.8, 4) is 5.75 Å². The molecule has 2 bridgehead atoms. The van der Waals surface area contributed by atoms with Crippen molar-refractivity contribution >= 4 is 11.8 Å². The van der Waals surface area contributed by atoms with Crippen LogP contribution in [0.5, 0.6) is 5.75 Å². The lowest BCUT2D eigenvalue weighted by Gasteiger charge is -2.34. The number of allylic oxidation sites excluding steroid dienone is 1. The van der Waals surface area contributed by atoms with Gasteiger partial charge in [-0.15, -0.1) is 0 Å². The van der Waals surface area contributed by atoms with E-state index in [1.165, 1.54) is 12.3 Å². The number of fused-ring (bicyclic) bond motifs is 1. The summed E-state index contributed by atoms with van der Waals surface area (Å²) in [6.45, 7) is 0.246. The second kappa shape index (κ2) is 8.69. The number of halogens is 2. The second-order valence-electron chi connectivity index (χ2n) is 9.57. The highest BCUT2D eigenvalue weighted by molar-refractivity contribution is 6.00. The summed E-state index contributed by atoms with van der Waals surface area (Å²) in [4.78, 5) is 42.1. The van der Waals surface area contributed by atoms with Gasteiger partial charge in [0.2, 0.25) is 5.43 Å². The molecule has 1 unspecified atom stereocenters. The number of benzene rings is 2. The first-order chi connectivity index (χ1) is 17.9. The van der Waals surface area contributed by atoms with E-state index in [2.05, 4.69) is 5.32 Å². The zero-order valence-corrected chi connectivity index (χ0v) is 19.7. The summed E-state index contributed by atoms with van der Waals surface area (Å²) >= 11 is 0. The third-order valence-electron chi connectivity index (χ3n) is 7.36. The zero-order chi connectivity index (χ0) is 25.7. The molecule has 0 spiro atoms. The number of hydrogen-bond acceptors (Lipinski definition) is 4. The Balaban J connectivity index is 1.40. The van der Waals surface area contributed by atoms with Crippen LogP contribution in [-0.2, 0) is 18.7 Å². The van der Waals surface area contributed by atoms with Crippen LogP contribution in [0.4, 0.5) is 8.78 Å². The van der Waals surface area contributed by atoms with Crippen molar-refractivity contribution in [3.05, 3.63) is 111 Å². The molecule has 3 heterocycles. The van der Waals surface area contributed by atoms with Crippen molar-refractivity contribution in [1.82, 2.24) is 14.8 Å². The summed E-state index contributed by atoms with van der Waals surface area (Å²) in [6, 6.07) is 12.2. The first kappa shape index (κ1) is 23.1. The molecule has 1 saturated carbocycles. The summed E-state index contributed by atoms with van der Waals surface area (Å²) in [5.41, 5.74) is -0.355. The summed E-state index contributed by atoms with van der Waals surface area (Å²) < 4.78 is 35.0. The van der Waals surface area contributed by atoms with E-state index >= 15 is 0 Å². The van der Waals surface area contributed by atoms with Crippen LogP contribution in [0.15, 0.2) is 71.7 Å². The van der Waals surface area contributed by atoms with Gasteiger partial charge >= 0.3 is 0 Å². The number of amides is 2. The maximum atomic E-state index is 14.1. The molecule has 2 atom stereocenters. The maximum absolute atomic E-state index is 14.1. The highest BCUT2D eigenvalue weighted by Crippen LogP contribution is 2.55. The molecule has 2 amide bonds. The molecular weight excluding hydrogens is 480 g/mol. The molecule has 2 aliphatic heterocycles. The Kier molecular flexibility index (Phi) is 5.43. The van der Waals surface area contributed by atoms with E-state index in [4.69, 9.17) is 4.74 Å². The number of aromatic nitrogens is 1. The van der Waals surface area contributed by atoms with Gasteiger partial charge in [-0.3, -0.25) is 14.4 Å². The molecule has 3 aromatic rings. The first-order valence-electron chi connectivity index (χ1n) is 12.0. The predicted molar refractivity (Wildman–Crippen MR) is 130 cm³/mol. The fraction of sp³-hybridized carbons (Fsp3) is 0.250. The Morgan fingerprint density at radius 3 is 2.70 bits per heavy atom. The molecule has 2 aromatic carbocycles. The number of carbonyl (C=O) groups is 2. The Labute approximate surface area is 211 Å². The Morgan fingerprint density at radius 1 is 1.11 bits per heavy atom. The van der Waals surface area contributed by atoms with Crippen LogP contribution in [0.3, 0.4) is 0 Å². The van der Waals surface area contributed by atoms with E-state index < -0.39 is 28.5 Å². The molecule has 1 aromatic heterocycles. The molecule has 6 rings (SSSR count). The molecule has 0 radical (unpaired) electrons. The van der Waals surface area contributed by atoms with Gasteiger partial charge in [0, 0.05) is 30.9 Å². The van der Waals surface area contributed by atoms with Crippen LogP contribution in [0, 0.1) is 11.6 Å². The monoisotopic (exact) mass is 503 g/mol. The number of pyridine rings is 1. The van der Waals surface area contributed by atoms with Gasteiger partial charge in [0.15, 0.2) is 11.4 Å². The van der Waals surface area contributed by atoms with Crippen molar-refractivity contribution in [3.63, 3.8) is 0 Å². The summed E-state index contributed by atoms with van der Waals surface area (Å²) in [5, 5.41) is 2.55. The highest BCUT2D eigenvalue weighted by Gasteiger charge is 2.64. The SMILES string of the molecule is O=C(NCc1ccc(F)cc1F)c1cn2c(c(OCc3ccccc3)c1=O)C(=O)N1CC=CC[C@]23CC13. The van der Waals surface area contributed by atoms with Gasteiger partial charge in [-0.1, -0.05) is 48.6 Å². The van der Waals surface area contributed by atoms with Gasteiger partial charge in [-0.05, 0) is 24.5 Å². The molecule has 188 valence electrons. The normalized spacial score (nSPS) is 21.1. The summed E-state index contributed by atoms with van der Waals surface area (Å²) in [5.74, 6) is -2.75. The molecule has 3 aliphatic rings. The van der Waals surface area contributed by atoms with Crippen LogP contribution >= 0.6 is 0 Å². The fourth-order valence-electron chi connectivity index (χ4n) is 5.32. The number of rotatable bonds is 6. The van der Waals surface area contributed by atoms with Crippen LogP contribution in [0.2, 0.25) is 0 Å². The van der Waals surface area contributed by atoms with E-state index in [0.29, 0.717) is 19.4 Å². The average molecular weight is 504 g/mol. The number of hydrogen-bond donors (Lipinski definition) is 1. The van der Waals surface area contributed by atoms with E-state index in [-0.39, 0.29) is 47.7 Å². The molecular formula is C28H23F2N3O4. The first-order valence-corrected chi connectivity index (χ1v) is 12.0. The van der Waals surface area contributed by atoms with Crippen LogP contribution in [0.1, 0.15) is 44.8 Å². The smallest absolute Gasteiger partial charge is 0.275 e. The van der Waals surface area contributed by atoms with Gasteiger partial charge in [0.1, 0.15) is 23.8 Å². The van der Waals surface area contributed by atoms with Crippen molar-refractivity contribution in [2.45, 2.75) is 37.6 Å². The molecule has 9 heteroatoms. The maximum Gasteiger partial charge on any atom is 0.275 e. The number of ether oxygens (including phenoxy) is 1. The quantitative estimate of drug-likeness (QED) is 0.522. The largest absolute Gasteiger partial charge is 0.483 e. The molecule has 37 heavy (non-hydrogen) atoms. The lowest BCUT2D eigenvalue weighted by molar-refractivity contribution is 0.0677. The van der Waals surface area contributed by atoms with Crippen molar-refractivity contribution in [2.75, 3.05) is 6.54 Å². The zero-order valence-electron chi connectivity index (χ0n) is 19.7. The molecule has 1 N–H and O–H groups in total. The topological polar surface area (TPSA) is 80.6 Å². The van der Waals surface area contributed by atoms with Crippen molar-refractivity contribution in [1.29, 1.82) is 0 Å². The lowest BCUT2D eigenvalue weighted by atomic mass is 10.0. The Hall–Kier alpha value is -4.27. The Bertz CT molecular complexity index is 1520. The third kappa shape index (κ3) is 3.82. The molecule has 1 fully saturated rings.